The number of ether oxygens (including phenoxy) is 1. The molecule has 0 amide bonds. The van der Waals surface area contributed by atoms with Crippen LogP contribution in [0.4, 0.5) is 0 Å². The summed E-state index contributed by atoms with van der Waals surface area (Å²) in [5.74, 6) is -1.45. The Hall–Kier alpha value is -2.88. The van der Waals surface area contributed by atoms with E-state index in [2.05, 4.69) is 0 Å². The van der Waals surface area contributed by atoms with Crippen molar-refractivity contribution in [3.8, 4) is 11.1 Å². The molecular weight excluding hydrogens is 292 g/mol. The van der Waals surface area contributed by atoms with Crippen molar-refractivity contribution < 1.29 is 19.4 Å². The summed E-state index contributed by atoms with van der Waals surface area (Å²) in [5, 5.41) is 9.21. The van der Waals surface area contributed by atoms with E-state index in [4.69, 9.17) is 4.74 Å². The van der Waals surface area contributed by atoms with E-state index in [0.29, 0.717) is 11.1 Å². The zero-order valence-corrected chi connectivity index (χ0v) is 13.1. The van der Waals surface area contributed by atoms with Crippen molar-refractivity contribution in [2.24, 2.45) is 0 Å². The Labute approximate surface area is 134 Å². The number of aliphatic carboxylic acids is 1. The molecule has 0 heterocycles. The Bertz CT molecular complexity index is 875. The number of hydrogen-bond donors (Lipinski definition) is 1. The van der Waals surface area contributed by atoms with E-state index < -0.39 is 11.9 Å². The lowest BCUT2D eigenvalue weighted by atomic mass is 9.96. The molecule has 0 saturated carbocycles. The molecule has 1 N–H and O–H groups in total. The van der Waals surface area contributed by atoms with Crippen LogP contribution in [0.15, 0.2) is 36.4 Å². The minimum Gasteiger partial charge on any atom is -0.478 e. The van der Waals surface area contributed by atoms with Gasteiger partial charge in [0.2, 0.25) is 0 Å². The minimum absolute atomic E-state index is 0.407. The van der Waals surface area contributed by atoms with E-state index in [1.165, 1.54) is 13.2 Å². The van der Waals surface area contributed by atoms with E-state index in [0.717, 1.165) is 33.4 Å². The summed E-state index contributed by atoms with van der Waals surface area (Å²) in [7, 11) is 1.33. The number of carboxylic acid groups (broad SMARTS) is 1. The van der Waals surface area contributed by atoms with Crippen LogP contribution in [-0.4, -0.2) is 24.2 Å². The second-order valence-corrected chi connectivity index (χ2v) is 5.58. The molecule has 0 bridgehead atoms. The van der Waals surface area contributed by atoms with Gasteiger partial charge in [0.25, 0.3) is 0 Å². The molecule has 2 aromatic rings. The van der Waals surface area contributed by atoms with Crippen LogP contribution in [0.2, 0.25) is 0 Å². The average molecular weight is 308 g/mol. The van der Waals surface area contributed by atoms with Gasteiger partial charge in [0, 0.05) is 6.08 Å². The first-order chi connectivity index (χ1) is 10.9. The second-order valence-electron chi connectivity index (χ2n) is 5.58. The Morgan fingerprint density at radius 1 is 1.04 bits per heavy atom. The topological polar surface area (TPSA) is 63.6 Å². The Balaban J connectivity index is 2.33. The first-order valence-electron chi connectivity index (χ1n) is 7.22. The Morgan fingerprint density at radius 3 is 2.39 bits per heavy atom. The maximum absolute atomic E-state index is 11.8. The van der Waals surface area contributed by atoms with E-state index in [9.17, 15) is 14.7 Å². The van der Waals surface area contributed by atoms with Gasteiger partial charge in [0.15, 0.2) is 0 Å². The molecule has 3 rings (SSSR count). The summed E-state index contributed by atoms with van der Waals surface area (Å²) in [4.78, 5) is 23.0. The molecule has 4 heteroatoms. The number of hydrogen-bond acceptors (Lipinski definition) is 3. The number of aryl methyl sites for hydroxylation is 1. The molecule has 0 aliphatic heterocycles. The normalized spacial score (nSPS) is 13.6. The van der Waals surface area contributed by atoms with Gasteiger partial charge < -0.3 is 9.84 Å². The number of esters is 1. The highest BCUT2D eigenvalue weighted by Gasteiger charge is 2.27. The van der Waals surface area contributed by atoms with Gasteiger partial charge in [-0.15, -0.1) is 0 Å². The summed E-state index contributed by atoms with van der Waals surface area (Å²) < 4.78 is 4.76. The highest BCUT2D eigenvalue weighted by molar-refractivity contribution is 6.08. The maximum Gasteiger partial charge on any atom is 0.337 e. The molecular formula is C19H16O4. The molecule has 2 aromatic carbocycles. The van der Waals surface area contributed by atoms with Crippen LogP contribution in [0.1, 0.15) is 32.6 Å². The summed E-state index contributed by atoms with van der Waals surface area (Å²) >= 11 is 0. The zero-order chi connectivity index (χ0) is 16.7. The van der Waals surface area contributed by atoms with Gasteiger partial charge in [0.1, 0.15) is 0 Å². The van der Waals surface area contributed by atoms with Gasteiger partial charge in [0.05, 0.1) is 12.7 Å². The van der Waals surface area contributed by atoms with Crippen LogP contribution in [0.5, 0.6) is 0 Å². The number of carbonyl (C=O) groups excluding carboxylic acids is 1. The first kappa shape index (κ1) is 15.0. The third-order valence-electron chi connectivity index (χ3n) is 4.29. The fourth-order valence-corrected chi connectivity index (χ4v) is 3.04. The van der Waals surface area contributed by atoms with Crippen molar-refractivity contribution in [2.45, 2.75) is 13.8 Å². The molecule has 1 aliphatic carbocycles. The van der Waals surface area contributed by atoms with Crippen LogP contribution in [0.25, 0.3) is 16.7 Å². The highest BCUT2D eigenvalue weighted by atomic mass is 16.5. The Kier molecular flexibility index (Phi) is 3.52. The summed E-state index contributed by atoms with van der Waals surface area (Å²) in [6.07, 6.45) is 1.19. The van der Waals surface area contributed by atoms with Crippen LogP contribution >= 0.6 is 0 Å². The van der Waals surface area contributed by atoms with E-state index >= 15 is 0 Å². The second kappa shape index (κ2) is 5.39. The number of fused-ring (bicyclic) bond motifs is 3. The van der Waals surface area contributed by atoms with Crippen molar-refractivity contribution in [1.29, 1.82) is 0 Å². The molecule has 116 valence electrons. The van der Waals surface area contributed by atoms with Crippen molar-refractivity contribution in [3.05, 3.63) is 64.2 Å². The highest BCUT2D eigenvalue weighted by Crippen LogP contribution is 2.46. The molecule has 0 saturated heterocycles. The number of carboxylic acids is 1. The predicted molar refractivity (Wildman–Crippen MR) is 87.4 cm³/mol. The van der Waals surface area contributed by atoms with Crippen LogP contribution in [-0.2, 0) is 9.53 Å². The monoisotopic (exact) mass is 308 g/mol. The predicted octanol–water partition coefficient (Wildman–Crippen LogP) is 3.59. The first-order valence-corrected chi connectivity index (χ1v) is 7.22. The third-order valence-corrected chi connectivity index (χ3v) is 4.29. The quantitative estimate of drug-likeness (QED) is 0.580. The van der Waals surface area contributed by atoms with Gasteiger partial charge >= 0.3 is 11.9 Å². The van der Waals surface area contributed by atoms with Crippen molar-refractivity contribution >= 4 is 17.5 Å². The average Bonchev–Trinajstić information content (AvgIpc) is 2.83. The van der Waals surface area contributed by atoms with Crippen LogP contribution < -0.4 is 0 Å². The standard InChI is InChI=1S/C19H16O4/c1-10-4-6-13-16(9-17(20)21)15-8-12(19(22)23-3)5-7-14(15)18(13)11(10)2/h4-9H,1-3H3,(H,20,21)/b16-9+. The number of carbonyl (C=O) groups is 2. The van der Waals surface area contributed by atoms with E-state index in [1.807, 2.05) is 32.0 Å². The van der Waals surface area contributed by atoms with Crippen molar-refractivity contribution in [3.63, 3.8) is 0 Å². The summed E-state index contributed by atoms with van der Waals surface area (Å²) in [6, 6.07) is 9.18. The van der Waals surface area contributed by atoms with Gasteiger partial charge in [-0.05, 0) is 64.9 Å². The van der Waals surface area contributed by atoms with Crippen molar-refractivity contribution in [2.75, 3.05) is 7.11 Å². The van der Waals surface area contributed by atoms with Crippen LogP contribution in [0.3, 0.4) is 0 Å². The molecule has 0 unspecified atom stereocenters. The molecule has 4 nitrogen and oxygen atoms in total. The maximum atomic E-state index is 11.8. The molecule has 0 fully saturated rings. The van der Waals surface area contributed by atoms with Gasteiger partial charge in [-0.1, -0.05) is 18.2 Å². The molecule has 0 atom stereocenters. The molecule has 23 heavy (non-hydrogen) atoms. The van der Waals surface area contributed by atoms with Gasteiger partial charge in [-0.3, -0.25) is 0 Å². The number of methoxy groups -OCH3 is 1. The summed E-state index contributed by atoms with van der Waals surface area (Å²) in [6.45, 7) is 4.05. The fraction of sp³-hybridized carbons (Fsp3) is 0.158. The van der Waals surface area contributed by atoms with Crippen LogP contribution in [0, 0.1) is 13.8 Å². The molecule has 0 aromatic heterocycles. The smallest absolute Gasteiger partial charge is 0.337 e. The molecule has 0 radical (unpaired) electrons. The Morgan fingerprint density at radius 2 is 1.74 bits per heavy atom. The molecule has 1 aliphatic rings. The fourth-order valence-electron chi connectivity index (χ4n) is 3.04. The lowest BCUT2D eigenvalue weighted by molar-refractivity contribution is -0.131. The largest absolute Gasteiger partial charge is 0.478 e. The summed E-state index contributed by atoms with van der Waals surface area (Å²) in [5.41, 5.74) is 6.89. The lowest BCUT2D eigenvalue weighted by Gasteiger charge is -2.08. The number of benzene rings is 2. The zero-order valence-electron chi connectivity index (χ0n) is 13.1. The minimum atomic E-state index is -1.01. The van der Waals surface area contributed by atoms with E-state index in [1.54, 1.807) is 12.1 Å². The van der Waals surface area contributed by atoms with Gasteiger partial charge in [-0.2, -0.15) is 0 Å². The van der Waals surface area contributed by atoms with Crippen molar-refractivity contribution in [1.82, 2.24) is 0 Å². The number of rotatable bonds is 2. The van der Waals surface area contributed by atoms with E-state index in [-0.39, 0.29) is 0 Å². The lowest BCUT2D eigenvalue weighted by Crippen LogP contribution is -2.01. The SMILES string of the molecule is COC(=O)c1ccc2c(c1)/C(=C/C(=O)O)c1ccc(C)c(C)c1-2. The third kappa shape index (κ3) is 2.32. The molecule has 0 spiro atoms. The van der Waals surface area contributed by atoms with Gasteiger partial charge in [-0.25, -0.2) is 9.59 Å².